The molecule has 5 rings (SSSR count). The smallest absolute Gasteiger partial charge is 0.344 e. The molecule has 0 saturated heterocycles. The number of Topliss-reactive ketones (excluding diaryl/α,β-unsaturated/α-hetero) is 1. The summed E-state index contributed by atoms with van der Waals surface area (Å²) in [7, 11) is 0. The zero-order valence-corrected chi connectivity index (χ0v) is 14.6. The molecule has 2 aliphatic rings. The molecular formula is C21H14FNO5. The third-order valence-electron chi connectivity index (χ3n) is 5.45. The Morgan fingerprint density at radius 1 is 1.04 bits per heavy atom. The minimum absolute atomic E-state index is 0.102. The largest absolute Gasteiger partial charge is 0.428 e. The molecule has 0 fully saturated rings. The van der Waals surface area contributed by atoms with Crippen LogP contribution in [0, 0.1) is 12.7 Å². The number of hydrogen-bond donors (Lipinski definition) is 2. The van der Waals surface area contributed by atoms with Crippen LogP contribution in [0.5, 0.6) is 0 Å². The van der Waals surface area contributed by atoms with E-state index in [2.05, 4.69) is 0 Å². The van der Waals surface area contributed by atoms with Gasteiger partial charge in [-0.1, -0.05) is 24.3 Å². The number of benzene rings is 2. The molecule has 2 heterocycles. The van der Waals surface area contributed by atoms with Gasteiger partial charge in [-0.3, -0.25) is 4.79 Å². The molecule has 2 N–H and O–H groups in total. The van der Waals surface area contributed by atoms with E-state index in [0.29, 0.717) is 5.69 Å². The number of carbonyl (C=O) groups excluding carboxylic acids is 1. The fourth-order valence-corrected chi connectivity index (χ4v) is 4.30. The number of rotatable bonds is 1. The summed E-state index contributed by atoms with van der Waals surface area (Å²) in [5.74, 6) is -1.05. The molecular weight excluding hydrogens is 365 g/mol. The van der Waals surface area contributed by atoms with Gasteiger partial charge in [0.05, 0.1) is 5.69 Å². The Labute approximate surface area is 158 Å². The van der Waals surface area contributed by atoms with Gasteiger partial charge in [0.25, 0.3) is 0 Å². The van der Waals surface area contributed by atoms with Crippen molar-refractivity contribution in [3.05, 3.63) is 93.3 Å². The van der Waals surface area contributed by atoms with Crippen LogP contribution in [0.1, 0.15) is 27.2 Å². The molecule has 2 aromatic carbocycles. The first-order valence-corrected chi connectivity index (χ1v) is 8.60. The highest BCUT2D eigenvalue weighted by Gasteiger charge is 2.73. The second-order valence-electron chi connectivity index (χ2n) is 6.97. The zero-order valence-electron chi connectivity index (χ0n) is 14.6. The molecule has 0 saturated carbocycles. The van der Waals surface area contributed by atoms with Crippen LogP contribution < -0.4 is 10.5 Å². The molecule has 6 nitrogen and oxygen atoms in total. The Balaban J connectivity index is 1.93. The normalized spacial score (nSPS) is 24.9. The number of aryl methyl sites for hydroxylation is 1. The van der Waals surface area contributed by atoms with E-state index in [1.807, 2.05) is 0 Å². The molecule has 0 spiro atoms. The van der Waals surface area contributed by atoms with Crippen LogP contribution >= 0.6 is 0 Å². The van der Waals surface area contributed by atoms with Gasteiger partial charge in [0.2, 0.25) is 17.1 Å². The maximum Gasteiger partial charge on any atom is 0.344 e. The van der Waals surface area contributed by atoms with Crippen LogP contribution in [-0.2, 0) is 11.3 Å². The minimum Gasteiger partial charge on any atom is -0.428 e. The number of halogens is 1. The third kappa shape index (κ3) is 1.73. The van der Waals surface area contributed by atoms with Crippen molar-refractivity contribution < 1.29 is 23.8 Å². The molecule has 0 bridgehead atoms. The number of anilines is 2. The van der Waals surface area contributed by atoms with Gasteiger partial charge in [0, 0.05) is 22.9 Å². The number of aliphatic hydroxyl groups is 2. The molecule has 1 aromatic heterocycles. The van der Waals surface area contributed by atoms with E-state index >= 15 is 0 Å². The summed E-state index contributed by atoms with van der Waals surface area (Å²) in [5.41, 5.74) is -5.42. The predicted molar refractivity (Wildman–Crippen MR) is 96.8 cm³/mol. The number of hydrogen-bond acceptors (Lipinski definition) is 6. The first kappa shape index (κ1) is 16.9. The molecule has 0 radical (unpaired) electrons. The van der Waals surface area contributed by atoms with Gasteiger partial charge in [0.1, 0.15) is 17.1 Å². The molecule has 28 heavy (non-hydrogen) atoms. The Morgan fingerprint density at radius 3 is 2.43 bits per heavy atom. The molecule has 3 aromatic rings. The molecule has 1 aliphatic carbocycles. The fourth-order valence-electron chi connectivity index (χ4n) is 4.30. The van der Waals surface area contributed by atoms with Gasteiger partial charge in [-0.15, -0.1) is 0 Å². The maximum absolute atomic E-state index is 13.5. The summed E-state index contributed by atoms with van der Waals surface area (Å²) in [6.07, 6.45) is 0. The van der Waals surface area contributed by atoms with Gasteiger partial charge < -0.3 is 19.5 Å². The minimum atomic E-state index is -2.56. The number of carbonyl (C=O) groups is 1. The lowest BCUT2D eigenvalue weighted by atomic mass is 9.87. The van der Waals surface area contributed by atoms with Crippen LogP contribution in [0.15, 0.2) is 63.8 Å². The van der Waals surface area contributed by atoms with Crippen molar-refractivity contribution in [1.29, 1.82) is 0 Å². The summed E-state index contributed by atoms with van der Waals surface area (Å²) < 4.78 is 18.6. The van der Waals surface area contributed by atoms with Crippen LogP contribution in [0.4, 0.5) is 15.8 Å². The molecule has 7 heteroatoms. The molecule has 140 valence electrons. The Hall–Kier alpha value is -3.29. The summed E-state index contributed by atoms with van der Waals surface area (Å²) in [6, 6.07) is 12.9. The van der Waals surface area contributed by atoms with Crippen LogP contribution in [0.3, 0.4) is 0 Å². The van der Waals surface area contributed by atoms with Crippen molar-refractivity contribution in [2.45, 2.75) is 18.2 Å². The molecule has 0 amide bonds. The average Bonchev–Trinajstić information content (AvgIpc) is 2.97. The lowest BCUT2D eigenvalue weighted by Crippen LogP contribution is -2.54. The Morgan fingerprint density at radius 2 is 1.71 bits per heavy atom. The van der Waals surface area contributed by atoms with Gasteiger partial charge in [-0.05, 0) is 31.2 Å². The Kier molecular flexibility index (Phi) is 3.10. The van der Waals surface area contributed by atoms with Crippen LogP contribution in [0.2, 0.25) is 0 Å². The Bertz CT molecular complexity index is 1220. The number of fused-ring (bicyclic) bond motifs is 5. The van der Waals surface area contributed by atoms with Crippen molar-refractivity contribution in [1.82, 2.24) is 0 Å². The van der Waals surface area contributed by atoms with Gasteiger partial charge in [0.15, 0.2) is 0 Å². The topological polar surface area (TPSA) is 91.0 Å². The third-order valence-corrected chi connectivity index (χ3v) is 5.45. The summed E-state index contributed by atoms with van der Waals surface area (Å²) in [5, 5.41) is 23.3. The van der Waals surface area contributed by atoms with E-state index in [1.54, 1.807) is 19.1 Å². The standard InChI is InChI=1S/C21H14FNO5/c1-11-10-16-17(19(25)28-11)20(26)18(24)14-4-2-3-5-15(14)21(20,27)23(16)13-8-6-12(22)7-9-13/h2-10,26-27H,1H3. The van der Waals surface area contributed by atoms with Gasteiger partial charge in [-0.25, -0.2) is 9.18 Å². The van der Waals surface area contributed by atoms with E-state index in [4.69, 9.17) is 4.42 Å². The van der Waals surface area contributed by atoms with E-state index in [0.717, 1.165) is 0 Å². The van der Waals surface area contributed by atoms with Gasteiger partial charge in [-0.2, -0.15) is 0 Å². The highest BCUT2D eigenvalue weighted by atomic mass is 19.1. The molecule has 2 unspecified atom stereocenters. The summed E-state index contributed by atoms with van der Waals surface area (Å²) in [6.45, 7) is 1.54. The fraction of sp³-hybridized carbons (Fsp3) is 0.143. The first-order valence-electron chi connectivity index (χ1n) is 8.60. The SMILES string of the molecule is Cc1cc2c(c(=O)o1)C1(O)C(=O)c3ccccc3C1(O)N2c1ccc(F)cc1. The average molecular weight is 379 g/mol. The summed E-state index contributed by atoms with van der Waals surface area (Å²) >= 11 is 0. The predicted octanol–water partition coefficient (Wildman–Crippen LogP) is 2.47. The lowest BCUT2D eigenvalue weighted by molar-refractivity contribution is -0.114. The van der Waals surface area contributed by atoms with E-state index < -0.39 is 28.6 Å². The van der Waals surface area contributed by atoms with E-state index in [-0.39, 0.29) is 28.1 Å². The van der Waals surface area contributed by atoms with Crippen molar-refractivity contribution >= 4 is 17.2 Å². The van der Waals surface area contributed by atoms with Crippen molar-refractivity contribution in [2.75, 3.05) is 4.90 Å². The highest BCUT2D eigenvalue weighted by Crippen LogP contribution is 2.61. The highest BCUT2D eigenvalue weighted by molar-refractivity contribution is 6.12. The number of nitrogens with zero attached hydrogens (tertiary/aromatic N) is 1. The maximum atomic E-state index is 13.5. The van der Waals surface area contributed by atoms with Crippen molar-refractivity contribution in [3.63, 3.8) is 0 Å². The number of ketones is 1. The van der Waals surface area contributed by atoms with Crippen LogP contribution in [0.25, 0.3) is 0 Å². The second-order valence-corrected chi connectivity index (χ2v) is 6.97. The van der Waals surface area contributed by atoms with E-state index in [1.165, 1.54) is 47.4 Å². The van der Waals surface area contributed by atoms with E-state index in [9.17, 15) is 24.2 Å². The first-order chi connectivity index (χ1) is 13.3. The molecule has 1 aliphatic heterocycles. The van der Waals surface area contributed by atoms with Gasteiger partial charge >= 0.3 is 5.63 Å². The lowest BCUT2D eigenvalue weighted by Gasteiger charge is -2.38. The monoisotopic (exact) mass is 379 g/mol. The second kappa shape index (κ2) is 5.15. The van der Waals surface area contributed by atoms with Crippen molar-refractivity contribution in [3.8, 4) is 0 Å². The summed E-state index contributed by atoms with van der Waals surface area (Å²) in [4.78, 5) is 27.1. The van der Waals surface area contributed by atoms with Crippen LogP contribution in [-0.4, -0.2) is 16.0 Å². The zero-order chi connectivity index (χ0) is 19.8. The van der Waals surface area contributed by atoms with Crippen molar-refractivity contribution in [2.24, 2.45) is 0 Å². The quantitative estimate of drug-likeness (QED) is 0.675. The molecule has 2 atom stereocenters.